The van der Waals surface area contributed by atoms with E-state index in [2.05, 4.69) is 26.8 Å². The molecule has 0 aromatic heterocycles. The maximum absolute atomic E-state index is 14.9. The Labute approximate surface area is 208 Å². The quantitative estimate of drug-likeness (QED) is 0.562. The van der Waals surface area contributed by atoms with E-state index < -0.39 is 29.4 Å². The van der Waals surface area contributed by atoms with Crippen LogP contribution < -0.4 is 10.8 Å². The molecule has 1 unspecified atom stereocenters. The molecule has 1 N–H and O–H groups in total. The van der Waals surface area contributed by atoms with Crippen molar-refractivity contribution in [3.8, 4) is 11.4 Å². The van der Waals surface area contributed by atoms with Crippen LogP contribution in [0.1, 0.15) is 54.7 Å². The number of benzene rings is 1. The first-order valence-corrected chi connectivity index (χ1v) is 12.2. The molecule has 1 atom stereocenters. The molecule has 4 aliphatic rings. The smallest absolute Gasteiger partial charge is 0.266 e. The van der Waals surface area contributed by atoms with E-state index in [-0.39, 0.29) is 5.56 Å². The number of anilines is 1. The number of ether oxygens (including phenoxy) is 1. The Hall–Kier alpha value is -2.98. The van der Waals surface area contributed by atoms with Crippen LogP contribution in [0.25, 0.3) is 11.4 Å². The van der Waals surface area contributed by atoms with Crippen LogP contribution in [-0.4, -0.2) is 53.2 Å². The lowest BCUT2D eigenvalue weighted by Gasteiger charge is -2.41. The van der Waals surface area contributed by atoms with Gasteiger partial charge in [-0.05, 0) is 39.8 Å². The number of nitrogens with zero attached hydrogens (tertiary/aromatic N) is 5. The average molecular weight is 501 g/mol. The van der Waals surface area contributed by atoms with Gasteiger partial charge in [0, 0.05) is 44.4 Å². The van der Waals surface area contributed by atoms with Gasteiger partial charge in [0.05, 0.1) is 22.8 Å². The van der Waals surface area contributed by atoms with Crippen LogP contribution >= 0.6 is 0 Å². The molecule has 1 aromatic carbocycles. The van der Waals surface area contributed by atoms with E-state index in [1.807, 2.05) is 6.07 Å². The molecule has 10 heteroatoms. The van der Waals surface area contributed by atoms with Crippen LogP contribution in [0, 0.1) is 12.7 Å². The Balaban J connectivity index is 1.70. The highest BCUT2D eigenvalue weighted by molar-refractivity contribution is 5.67. The van der Waals surface area contributed by atoms with Crippen molar-refractivity contribution in [1.82, 2.24) is 19.4 Å². The summed E-state index contributed by atoms with van der Waals surface area (Å²) >= 11 is 0. The predicted octanol–water partition coefficient (Wildman–Crippen LogP) is 4.42. The predicted molar refractivity (Wildman–Crippen MR) is 131 cm³/mol. The number of alkyl halides is 2. The molecule has 1 saturated heterocycles. The number of aromatic nitrogens is 3. The first kappa shape index (κ1) is 24.7. The minimum Gasteiger partial charge on any atom is -0.373 e. The van der Waals surface area contributed by atoms with Crippen LogP contribution in [0.15, 0.2) is 29.3 Å². The van der Waals surface area contributed by atoms with Crippen LogP contribution in [0.3, 0.4) is 0 Å². The van der Waals surface area contributed by atoms with E-state index >= 15 is 0 Å². The van der Waals surface area contributed by atoms with Crippen molar-refractivity contribution < 1.29 is 17.9 Å². The first-order valence-electron chi connectivity index (χ1n) is 12.2. The summed E-state index contributed by atoms with van der Waals surface area (Å²) in [4.78, 5) is 16.3. The standard InChI is InChI=1S/C26H31F3N6O/c1-15(17-6-5-7-18(21(17)27)22(28)29)31-23-19-14-20(26(36-4)8-11-34(3)12-9-26)25-30-10-13-35(25)24(19)33-16(2)32-23/h5-7,14-15,22,30H,8-13H2,1-4H3. The second kappa shape index (κ2) is 9.48. The van der Waals surface area contributed by atoms with Crippen LogP contribution in [-0.2, 0) is 16.9 Å². The molecule has 0 radical (unpaired) electrons. The second-order valence-electron chi connectivity index (χ2n) is 9.67. The molecule has 0 aliphatic carbocycles. The SMILES string of the molecule is COC1(c2cc3c(=NC(C)c4cccc(C(F)F)c4F)nc(C)nc-3n3c2NCC3)CCN(C)CC1. The van der Waals surface area contributed by atoms with Gasteiger partial charge >= 0.3 is 0 Å². The lowest BCUT2D eigenvalue weighted by molar-refractivity contribution is -0.0582. The zero-order valence-corrected chi connectivity index (χ0v) is 21.0. The van der Waals surface area contributed by atoms with Crippen molar-refractivity contribution in [2.45, 2.75) is 51.3 Å². The molecule has 0 saturated carbocycles. The van der Waals surface area contributed by atoms with E-state index in [4.69, 9.17) is 14.7 Å². The molecule has 0 spiro atoms. The van der Waals surface area contributed by atoms with E-state index in [1.165, 1.54) is 12.1 Å². The second-order valence-corrected chi connectivity index (χ2v) is 9.67. The molecule has 5 rings (SSSR count). The van der Waals surface area contributed by atoms with E-state index in [1.54, 1.807) is 21.0 Å². The number of fused-ring (bicyclic) bond motifs is 3. The van der Waals surface area contributed by atoms with Gasteiger partial charge in [0.25, 0.3) is 6.43 Å². The van der Waals surface area contributed by atoms with Gasteiger partial charge in [0.2, 0.25) is 0 Å². The summed E-state index contributed by atoms with van der Waals surface area (Å²) in [6.07, 6.45) is -1.23. The van der Waals surface area contributed by atoms with Gasteiger partial charge in [0.15, 0.2) is 5.49 Å². The number of likely N-dealkylation sites (tertiary alicyclic amines) is 1. The Morgan fingerprint density at radius 2 is 1.86 bits per heavy atom. The van der Waals surface area contributed by atoms with Crippen molar-refractivity contribution in [3.05, 3.63) is 58.1 Å². The minimum absolute atomic E-state index is 0.108. The fourth-order valence-electron chi connectivity index (χ4n) is 5.37. The highest BCUT2D eigenvalue weighted by Gasteiger charge is 2.40. The maximum Gasteiger partial charge on any atom is 0.266 e. The Bertz CT molecular complexity index is 1320. The van der Waals surface area contributed by atoms with Crippen molar-refractivity contribution in [3.63, 3.8) is 0 Å². The number of halogens is 3. The van der Waals surface area contributed by atoms with Crippen molar-refractivity contribution in [2.24, 2.45) is 4.99 Å². The molecule has 1 fully saturated rings. The number of methoxy groups -OCH3 is 1. The molecule has 1 aromatic rings. The van der Waals surface area contributed by atoms with Crippen LogP contribution in [0.5, 0.6) is 0 Å². The number of rotatable bonds is 5. The summed E-state index contributed by atoms with van der Waals surface area (Å²) in [5.74, 6) is 1.33. The zero-order valence-electron chi connectivity index (χ0n) is 21.0. The Morgan fingerprint density at radius 3 is 2.56 bits per heavy atom. The third kappa shape index (κ3) is 4.16. The number of aryl methyl sites for hydroxylation is 1. The third-order valence-corrected chi connectivity index (χ3v) is 7.45. The summed E-state index contributed by atoms with van der Waals surface area (Å²) in [5, 5.41) is 3.52. The van der Waals surface area contributed by atoms with Crippen molar-refractivity contribution >= 4 is 5.82 Å². The fourth-order valence-corrected chi connectivity index (χ4v) is 5.37. The summed E-state index contributed by atoms with van der Waals surface area (Å²) in [5.41, 5.74) is 1.19. The molecule has 7 nitrogen and oxygen atoms in total. The third-order valence-electron chi connectivity index (χ3n) is 7.45. The number of nitrogens with one attached hydrogen (secondary N) is 1. The van der Waals surface area contributed by atoms with Crippen LogP contribution in [0.4, 0.5) is 19.0 Å². The minimum atomic E-state index is -2.90. The van der Waals surface area contributed by atoms with Gasteiger partial charge in [-0.3, -0.25) is 4.99 Å². The molecular formula is C26H31F3N6O. The number of hydrogen-bond acceptors (Lipinski definition) is 6. The van der Waals surface area contributed by atoms with Gasteiger partial charge < -0.3 is 19.5 Å². The summed E-state index contributed by atoms with van der Waals surface area (Å²) in [6.45, 7) is 6.79. The number of pyridine rings is 1. The molecule has 36 heavy (non-hydrogen) atoms. The molecule has 4 heterocycles. The van der Waals surface area contributed by atoms with E-state index in [9.17, 15) is 13.2 Å². The van der Waals surface area contributed by atoms with Gasteiger partial charge in [-0.25, -0.2) is 23.1 Å². The normalized spacial score (nSPS) is 19.1. The van der Waals surface area contributed by atoms with Gasteiger partial charge in [0.1, 0.15) is 23.3 Å². The monoisotopic (exact) mass is 500 g/mol. The zero-order chi connectivity index (χ0) is 25.6. The highest BCUT2D eigenvalue weighted by atomic mass is 19.3. The van der Waals surface area contributed by atoms with E-state index in [0.29, 0.717) is 11.3 Å². The van der Waals surface area contributed by atoms with Gasteiger partial charge in [-0.1, -0.05) is 18.2 Å². The number of hydrogen-bond donors (Lipinski definition) is 1. The first-order chi connectivity index (χ1) is 17.2. The Morgan fingerprint density at radius 1 is 1.14 bits per heavy atom. The van der Waals surface area contributed by atoms with Crippen LogP contribution in [0.2, 0.25) is 0 Å². The largest absolute Gasteiger partial charge is 0.373 e. The molecule has 0 bridgehead atoms. The highest BCUT2D eigenvalue weighted by Crippen LogP contribution is 2.43. The Kier molecular flexibility index (Phi) is 6.50. The van der Waals surface area contributed by atoms with Crippen molar-refractivity contribution in [2.75, 3.05) is 39.1 Å². The van der Waals surface area contributed by atoms with Crippen molar-refractivity contribution in [1.29, 1.82) is 0 Å². The summed E-state index contributed by atoms with van der Waals surface area (Å²) < 4.78 is 49.8. The lowest BCUT2D eigenvalue weighted by Crippen LogP contribution is -2.43. The number of piperidine rings is 1. The lowest BCUT2D eigenvalue weighted by atomic mass is 9.83. The molecule has 4 aliphatic heterocycles. The summed E-state index contributed by atoms with van der Waals surface area (Å²) in [7, 11) is 3.86. The fraction of sp³-hybridized carbons (Fsp3) is 0.500. The molecular weight excluding hydrogens is 469 g/mol. The van der Waals surface area contributed by atoms with Gasteiger partial charge in [-0.15, -0.1) is 0 Å². The van der Waals surface area contributed by atoms with Gasteiger partial charge in [-0.2, -0.15) is 0 Å². The molecule has 192 valence electrons. The molecule has 0 amide bonds. The average Bonchev–Trinajstić information content (AvgIpc) is 3.35. The maximum atomic E-state index is 14.9. The summed E-state index contributed by atoms with van der Waals surface area (Å²) in [6, 6.07) is 5.35. The van der Waals surface area contributed by atoms with E-state index in [0.717, 1.165) is 67.9 Å². The topological polar surface area (TPSA) is 67.6 Å².